The summed E-state index contributed by atoms with van der Waals surface area (Å²) in [4.78, 5) is 13.0. The number of carbonyl (C=O) groups excluding carboxylic acids is 1. The van der Waals surface area contributed by atoms with Crippen LogP contribution in [0, 0.1) is 6.92 Å². The van der Waals surface area contributed by atoms with Gasteiger partial charge in [-0.3, -0.25) is 9.52 Å². The van der Waals surface area contributed by atoms with Crippen molar-refractivity contribution in [3.63, 3.8) is 0 Å². The standard InChI is InChI=1S/C26H29ClN2O5S/c1-5-33-24-14-9-19(15-25(24)34-6-2)18(4)28-26(30)22-13-10-20(16-23(22)27)29-35(31,32)21-11-7-17(3)8-12-21/h7-16,18,29H,5-6H2,1-4H3,(H,28,30). The quantitative estimate of drug-likeness (QED) is 0.358. The Morgan fingerprint density at radius 1 is 0.943 bits per heavy atom. The first-order valence-corrected chi connectivity index (χ1v) is 13.1. The molecule has 1 unspecified atom stereocenters. The fourth-order valence-electron chi connectivity index (χ4n) is 3.39. The van der Waals surface area contributed by atoms with Gasteiger partial charge in [0.1, 0.15) is 0 Å². The van der Waals surface area contributed by atoms with Crippen molar-refractivity contribution in [1.29, 1.82) is 0 Å². The highest BCUT2D eigenvalue weighted by atomic mass is 35.5. The number of rotatable bonds is 10. The molecule has 0 aromatic heterocycles. The molecule has 3 aromatic carbocycles. The second-order valence-corrected chi connectivity index (χ2v) is 9.97. The van der Waals surface area contributed by atoms with Crippen LogP contribution < -0.4 is 19.5 Å². The molecular weight excluding hydrogens is 488 g/mol. The molecule has 0 fully saturated rings. The van der Waals surface area contributed by atoms with E-state index in [9.17, 15) is 13.2 Å². The summed E-state index contributed by atoms with van der Waals surface area (Å²) in [6.07, 6.45) is 0. The van der Waals surface area contributed by atoms with Gasteiger partial charge in [-0.25, -0.2) is 8.42 Å². The van der Waals surface area contributed by atoms with E-state index in [4.69, 9.17) is 21.1 Å². The van der Waals surface area contributed by atoms with Gasteiger partial charge < -0.3 is 14.8 Å². The molecule has 186 valence electrons. The maximum Gasteiger partial charge on any atom is 0.261 e. The Labute approximate surface area is 211 Å². The van der Waals surface area contributed by atoms with E-state index < -0.39 is 10.0 Å². The number of aryl methyl sites for hydroxylation is 1. The van der Waals surface area contributed by atoms with Crippen molar-refractivity contribution < 1.29 is 22.7 Å². The lowest BCUT2D eigenvalue weighted by Gasteiger charge is -2.18. The first kappa shape index (κ1) is 26.4. The Morgan fingerprint density at radius 3 is 2.23 bits per heavy atom. The number of hydrogen-bond acceptors (Lipinski definition) is 5. The molecule has 35 heavy (non-hydrogen) atoms. The van der Waals surface area contributed by atoms with Crippen LogP contribution in [0.4, 0.5) is 5.69 Å². The minimum Gasteiger partial charge on any atom is -0.490 e. The SMILES string of the molecule is CCOc1ccc(C(C)NC(=O)c2ccc(NS(=O)(=O)c3ccc(C)cc3)cc2Cl)cc1OCC. The third kappa shape index (κ3) is 6.68. The number of sulfonamides is 1. The van der Waals surface area contributed by atoms with Crippen molar-refractivity contribution >= 4 is 33.2 Å². The van der Waals surface area contributed by atoms with E-state index in [0.29, 0.717) is 24.7 Å². The van der Waals surface area contributed by atoms with Crippen molar-refractivity contribution in [3.8, 4) is 11.5 Å². The maximum atomic E-state index is 12.9. The van der Waals surface area contributed by atoms with Crippen molar-refractivity contribution in [3.05, 3.63) is 82.4 Å². The Hall–Kier alpha value is -3.23. The number of carbonyl (C=O) groups is 1. The second kappa shape index (κ2) is 11.5. The molecule has 1 amide bonds. The molecule has 0 spiro atoms. The van der Waals surface area contributed by atoms with Crippen LogP contribution in [0.1, 0.15) is 48.3 Å². The number of nitrogens with one attached hydrogen (secondary N) is 2. The van der Waals surface area contributed by atoms with Gasteiger partial charge in [0.2, 0.25) is 0 Å². The topological polar surface area (TPSA) is 93.7 Å². The summed E-state index contributed by atoms with van der Waals surface area (Å²) >= 11 is 6.34. The fourth-order valence-corrected chi connectivity index (χ4v) is 4.70. The molecular formula is C26H29ClN2O5S. The lowest BCUT2D eigenvalue weighted by molar-refractivity contribution is 0.0940. The number of amides is 1. The van der Waals surface area contributed by atoms with Gasteiger partial charge in [0.05, 0.1) is 40.4 Å². The third-order valence-electron chi connectivity index (χ3n) is 5.21. The molecule has 0 aliphatic heterocycles. The largest absolute Gasteiger partial charge is 0.490 e. The number of ether oxygens (including phenoxy) is 2. The van der Waals surface area contributed by atoms with Crippen LogP contribution in [-0.4, -0.2) is 27.5 Å². The molecule has 0 saturated carbocycles. The van der Waals surface area contributed by atoms with Crippen LogP contribution in [0.25, 0.3) is 0 Å². The molecule has 0 aliphatic carbocycles. The number of anilines is 1. The normalized spacial score (nSPS) is 12.0. The highest BCUT2D eigenvalue weighted by molar-refractivity contribution is 7.92. The van der Waals surface area contributed by atoms with Crippen LogP contribution in [0.2, 0.25) is 5.02 Å². The summed E-state index contributed by atoms with van der Waals surface area (Å²) in [7, 11) is -3.78. The molecule has 3 rings (SSSR count). The van der Waals surface area contributed by atoms with E-state index in [1.165, 1.54) is 30.3 Å². The Morgan fingerprint density at radius 2 is 1.60 bits per heavy atom. The van der Waals surface area contributed by atoms with Gasteiger partial charge in [0.15, 0.2) is 11.5 Å². The highest BCUT2D eigenvalue weighted by Crippen LogP contribution is 2.31. The molecule has 9 heteroatoms. The zero-order chi connectivity index (χ0) is 25.6. The molecule has 7 nitrogen and oxygen atoms in total. The smallest absolute Gasteiger partial charge is 0.261 e. The summed E-state index contributed by atoms with van der Waals surface area (Å²) in [5.74, 6) is 0.863. The minimum atomic E-state index is -3.78. The highest BCUT2D eigenvalue weighted by Gasteiger charge is 2.19. The van der Waals surface area contributed by atoms with E-state index in [-0.39, 0.29) is 33.1 Å². The van der Waals surface area contributed by atoms with Gasteiger partial charge in [-0.2, -0.15) is 0 Å². The first-order chi connectivity index (χ1) is 16.6. The van der Waals surface area contributed by atoms with E-state index in [1.807, 2.05) is 45.9 Å². The number of benzene rings is 3. The van der Waals surface area contributed by atoms with Crippen LogP contribution in [0.5, 0.6) is 11.5 Å². The summed E-state index contributed by atoms with van der Waals surface area (Å²) in [6, 6.07) is 16.1. The summed E-state index contributed by atoms with van der Waals surface area (Å²) in [5, 5.41) is 3.04. The van der Waals surface area contributed by atoms with Gasteiger partial charge in [-0.05, 0) is 75.7 Å². The maximum absolute atomic E-state index is 12.9. The van der Waals surface area contributed by atoms with E-state index in [1.54, 1.807) is 12.1 Å². The van der Waals surface area contributed by atoms with Gasteiger partial charge in [-0.15, -0.1) is 0 Å². The van der Waals surface area contributed by atoms with E-state index >= 15 is 0 Å². The summed E-state index contributed by atoms with van der Waals surface area (Å²) in [6.45, 7) is 8.51. The number of hydrogen-bond donors (Lipinski definition) is 2. The van der Waals surface area contributed by atoms with E-state index in [0.717, 1.165) is 11.1 Å². The molecule has 1 atom stereocenters. The number of halogens is 1. The molecule has 0 radical (unpaired) electrons. The van der Waals surface area contributed by atoms with Crippen LogP contribution in [0.15, 0.2) is 65.6 Å². The molecule has 0 saturated heterocycles. The Balaban J connectivity index is 1.73. The molecule has 3 aromatic rings. The van der Waals surface area contributed by atoms with Gasteiger partial charge in [-0.1, -0.05) is 35.4 Å². The lowest BCUT2D eigenvalue weighted by Crippen LogP contribution is -2.27. The molecule has 2 N–H and O–H groups in total. The van der Waals surface area contributed by atoms with E-state index in [2.05, 4.69) is 10.0 Å². The van der Waals surface area contributed by atoms with Crippen molar-refractivity contribution in [2.75, 3.05) is 17.9 Å². The van der Waals surface area contributed by atoms with Crippen molar-refractivity contribution in [2.24, 2.45) is 0 Å². The fraction of sp³-hybridized carbons (Fsp3) is 0.269. The van der Waals surface area contributed by atoms with Crippen molar-refractivity contribution in [2.45, 2.75) is 38.6 Å². The minimum absolute atomic E-state index is 0.125. The van der Waals surface area contributed by atoms with Gasteiger partial charge >= 0.3 is 0 Å². The third-order valence-corrected chi connectivity index (χ3v) is 6.92. The Bertz CT molecular complexity index is 1290. The lowest BCUT2D eigenvalue weighted by atomic mass is 10.1. The first-order valence-electron chi connectivity index (χ1n) is 11.2. The van der Waals surface area contributed by atoms with Gasteiger partial charge in [0, 0.05) is 0 Å². The van der Waals surface area contributed by atoms with Crippen LogP contribution in [-0.2, 0) is 10.0 Å². The molecule has 0 bridgehead atoms. The Kier molecular flexibility index (Phi) is 8.64. The average Bonchev–Trinajstić information content (AvgIpc) is 2.80. The average molecular weight is 517 g/mol. The molecule has 0 heterocycles. The predicted molar refractivity (Wildman–Crippen MR) is 138 cm³/mol. The zero-order valence-corrected chi connectivity index (χ0v) is 21.7. The van der Waals surface area contributed by atoms with Gasteiger partial charge in [0.25, 0.3) is 15.9 Å². The second-order valence-electron chi connectivity index (χ2n) is 7.88. The monoisotopic (exact) mass is 516 g/mol. The zero-order valence-electron chi connectivity index (χ0n) is 20.1. The van der Waals surface area contributed by atoms with Crippen LogP contribution >= 0.6 is 11.6 Å². The summed E-state index contributed by atoms with van der Waals surface area (Å²) in [5.41, 5.74) is 2.28. The molecule has 0 aliphatic rings. The predicted octanol–water partition coefficient (Wildman–Crippen LogP) is 5.74. The summed E-state index contributed by atoms with van der Waals surface area (Å²) < 4.78 is 39.0. The van der Waals surface area contributed by atoms with Crippen LogP contribution in [0.3, 0.4) is 0 Å². The van der Waals surface area contributed by atoms with Crippen molar-refractivity contribution in [1.82, 2.24) is 5.32 Å².